The number of ether oxygens (including phenoxy) is 2. The fourth-order valence-electron chi connectivity index (χ4n) is 5.11. The zero-order valence-electron chi connectivity index (χ0n) is 16.5. The molecule has 3 aliphatic heterocycles. The number of rotatable bonds is 4. The Labute approximate surface area is 165 Å². The van der Waals surface area contributed by atoms with Gasteiger partial charge in [0.15, 0.2) is 17.1 Å². The van der Waals surface area contributed by atoms with Gasteiger partial charge in [0, 0.05) is 43.7 Å². The average molecular weight is 384 g/mol. The van der Waals surface area contributed by atoms with Gasteiger partial charge >= 0.3 is 0 Å². The van der Waals surface area contributed by atoms with Crippen molar-refractivity contribution in [3.63, 3.8) is 0 Å². The smallest absolute Gasteiger partial charge is 0.289 e. The van der Waals surface area contributed by atoms with E-state index in [2.05, 4.69) is 4.90 Å². The van der Waals surface area contributed by atoms with E-state index in [1.165, 1.54) is 6.42 Å². The summed E-state index contributed by atoms with van der Waals surface area (Å²) in [6.45, 7) is 4.59. The Hall–Kier alpha value is -2.05. The van der Waals surface area contributed by atoms with Gasteiger partial charge in [0.05, 0.1) is 13.2 Å². The lowest BCUT2D eigenvalue weighted by atomic mass is 9.77. The van der Waals surface area contributed by atoms with Crippen LogP contribution in [0.4, 0.5) is 0 Å². The van der Waals surface area contributed by atoms with E-state index in [4.69, 9.17) is 13.9 Å². The Morgan fingerprint density at radius 1 is 1.29 bits per heavy atom. The normalized spacial score (nSPS) is 28.0. The van der Waals surface area contributed by atoms with Crippen LogP contribution in [0.25, 0.3) is 11.0 Å². The first kappa shape index (κ1) is 18.0. The maximum absolute atomic E-state index is 13.2. The van der Waals surface area contributed by atoms with Crippen LogP contribution < -0.4 is 4.74 Å². The van der Waals surface area contributed by atoms with Gasteiger partial charge in [-0.1, -0.05) is 12.1 Å². The van der Waals surface area contributed by atoms with Gasteiger partial charge in [-0.05, 0) is 44.2 Å². The molecule has 0 bridgehead atoms. The third-order valence-electron chi connectivity index (χ3n) is 6.75. The van der Waals surface area contributed by atoms with Crippen LogP contribution in [-0.2, 0) is 4.74 Å². The van der Waals surface area contributed by atoms with E-state index >= 15 is 0 Å². The van der Waals surface area contributed by atoms with Crippen molar-refractivity contribution in [1.82, 2.24) is 9.80 Å². The first-order chi connectivity index (χ1) is 13.7. The van der Waals surface area contributed by atoms with Crippen LogP contribution in [-0.4, -0.2) is 67.2 Å². The Bertz CT molecular complexity index is 873. The maximum Gasteiger partial charge on any atom is 0.289 e. The summed E-state index contributed by atoms with van der Waals surface area (Å²) in [6, 6.07) is 7.56. The highest BCUT2D eigenvalue weighted by molar-refractivity contribution is 5.97. The third-order valence-corrected chi connectivity index (χ3v) is 6.75. The highest BCUT2D eigenvalue weighted by Crippen LogP contribution is 2.40. The molecule has 0 N–H and O–H groups in total. The monoisotopic (exact) mass is 384 g/mol. The van der Waals surface area contributed by atoms with Gasteiger partial charge in [0.2, 0.25) is 0 Å². The molecule has 2 atom stereocenters. The van der Waals surface area contributed by atoms with Crippen molar-refractivity contribution < 1.29 is 18.7 Å². The van der Waals surface area contributed by atoms with Gasteiger partial charge < -0.3 is 18.8 Å². The molecule has 1 aromatic heterocycles. The van der Waals surface area contributed by atoms with Gasteiger partial charge in [-0.25, -0.2) is 0 Å². The molecule has 3 fully saturated rings. The van der Waals surface area contributed by atoms with E-state index in [-0.39, 0.29) is 11.4 Å². The summed E-state index contributed by atoms with van der Waals surface area (Å²) >= 11 is 0. The van der Waals surface area contributed by atoms with Crippen LogP contribution in [0.2, 0.25) is 0 Å². The van der Waals surface area contributed by atoms with E-state index < -0.39 is 0 Å². The Balaban J connectivity index is 1.33. The molecule has 28 heavy (non-hydrogen) atoms. The molecule has 1 aromatic carbocycles. The molecule has 0 saturated carbocycles. The van der Waals surface area contributed by atoms with Crippen molar-refractivity contribution in [1.29, 1.82) is 0 Å². The molecule has 6 nitrogen and oxygen atoms in total. The maximum atomic E-state index is 13.2. The lowest BCUT2D eigenvalue weighted by Crippen LogP contribution is -2.68. The summed E-state index contributed by atoms with van der Waals surface area (Å²) in [6.07, 6.45) is 6.07. The van der Waals surface area contributed by atoms with Crippen LogP contribution in [0.1, 0.15) is 42.7 Å². The number of fused-ring (bicyclic) bond motifs is 1. The SMILES string of the molecule is COc1cccc2cc(C(=O)N3CCC[C@]4(CCN4C[C@@H]4CCCO4)C3)oc12. The van der Waals surface area contributed by atoms with Gasteiger partial charge in [0.25, 0.3) is 5.91 Å². The molecule has 0 aliphatic carbocycles. The Kier molecular flexibility index (Phi) is 4.56. The van der Waals surface area contributed by atoms with Crippen molar-refractivity contribution in [3.8, 4) is 5.75 Å². The van der Waals surface area contributed by atoms with E-state index in [1.807, 2.05) is 29.2 Å². The number of hydrogen-bond donors (Lipinski definition) is 0. The summed E-state index contributed by atoms with van der Waals surface area (Å²) in [4.78, 5) is 17.7. The molecule has 0 radical (unpaired) electrons. The molecule has 0 unspecified atom stereocenters. The number of amides is 1. The summed E-state index contributed by atoms with van der Waals surface area (Å²) < 4.78 is 17.1. The molecule has 2 aromatic rings. The second kappa shape index (κ2) is 7.08. The van der Waals surface area contributed by atoms with Crippen LogP contribution >= 0.6 is 0 Å². The number of likely N-dealkylation sites (tertiary alicyclic amines) is 2. The lowest BCUT2D eigenvalue weighted by molar-refractivity contribution is -0.0809. The van der Waals surface area contributed by atoms with Crippen LogP contribution in [0.15, 0.2) is 28.7 Å². The predicted molar refractivity (Wildman–Crippen MR) is 106 cm³/mol. The quantitative estimate of drug-likeness (QED) is 0.810. The second-order valence-corrected chi connectivity index (χ2v) is 8.37. The third kappa shape index (κ3) is 2.99. The Morgan fingerprint density at radius 2 is 2.21 bits per heavy atom. The largest absolute Gasteiger partial charge is 0.493 e. The Morgan fingerprint density at radius 3 is 2.96 bits per heavy atom. The second-order valence-electron chi connectivity index (χ2n) is 8.37. The minimum Gasteiger partial charge on any atom is -0.493 e. The lowest BCUT2D eigenvalue weighted by Gasteiger charge is -2.57. The fraction of sp³-hybridized carbons (Fsp3) is 0.591. The number of furan rings is 1. The van der Waals surface area contributed by atoms with Crippen molar-refractivity contribution in [2.45, 2.75) is 43.7 Å². The zero-order chi connectivity index (χ0) is 19.1. The minimum atomic E-state index is -0.0127. The summed E-state index contributed by atoms with van der Waals surface area (Å²) in [5.74, 6) is 1.05. The highest BCUT2D eigenvalue weighted by atomic mass is 16.5. The van der Waals surface area contributed by atoms with Crippen molar-refractivity contribution in [2.24, 2.45) is 0 Å². The van der Waals surface area contributed by atoms with Gasteiger partial charge in [-0.2, -0.15) is 0 Å². The summed E-state index contributed by atoms with van der Waals surface area (Å²) in [5.41, 5.74) is 0.771. The van der Waals surface area contributed by atoms with Crippen LogP contribution in [0.3, 0.4) is 0 Å². The van der Waals surface area contributed by atoms with Crippen molar-refractivity contribution in [2.75, 3.05) is 39.9 Å². The minimum absolute atomic E-state index is 0.0127. The van der Waals surface area contributed by atoms with Crippen molar-refractivity contribution >= 4 is 16.9 Å². The topological polar surface area (TPSA) is 55.2 Å². The number of para-hydroxylation sites is 1. The van der Waals surface area contributed by atoms with Gasteiger partial charge in [-0.15, -0.1) is 0 Å². The molecule has 3 saturated heterocycles. The number of carbonyl (C=O) groups excluding carboxylic acids is 1. The number of carbonyl (C=O) groups is 1. The first-order valence-electron chi connectivity index (χ1n) is 10.4. The molecular weight excluding hydrogens is 356 g/mol. The van der Waals surface area contributed by atoms with E-state index in [0.29, 0.717) is 23.2 Å². The van der Waals surface area contributed by atoms with E-state index in [0.717, 1.165) is 63.9 Å². The van der Waals surface area contributed by atoms with Gasteiger partial charge in [0.1, 0.15) is 0 Å². The first-order valence-corrected chi connectivity index (χ1v) is 10.4. The number of hydrogen-bond acceptors (Lipinski definition) is 5. The molecule has 4 heterocycles. The van der Waals surface area contributed by atoms with E-state index in [9.17, 15) is 4.79 Å². The zero-order valence-corrected chi connectivity index (χ0v) is 16.5. The number of nitrogens with zero attached hydrogens (tertiary/aromatic N) is 2. The standard InChI is InChI=1S/C22H28N2O4/c1-26-18-7-2-5-16-13-19(28-20(16)18)21(25)23-10-4-8-22(15-23)9-11-24(22)14-17-6-3-12-27-17/h2,5,7,13,17H,3-4,6,8-12,14-15H2,1H3/t17-,22-/m0/s1. The molecule has 3 aliphatic rings. The highest BCUT2D eigenvalue weighted by Gasteiger charge is 2.49. The molecule has 150 valence electrons. The molecule has 5 rings (SSSR count). The number of piperidine rings is 1. The predicted octanol–water partition coefficient (Wildman–Crippen LogP) is 3.30. The molecule has 6 heteroatoms. The summed E-state index contributed by atoms with van der Waals surface area (Å²) in [5, 5.41) is 0.901. The number of methoxy groups -OCH3 is 1. The molecule has 1 amide bonds. The van der Waals surface area contributed by atoms with Crippen LogP contribution in [0, 0.1) is 0 Å². The average Bonchev–Trinajstić information content (AvgIpc) is 3.40. The number of benzene rings is 1. The summed E-state index contributed by atoms with van der Waals surface area (Å²) in [7, 11) is 1.62. The van der Waals surface area contributed by atoms with Gasteiger partial charge in [-0.3, -0.25) is 9.69 Å². The van der Waals surface area contributed by atoms with Crippen molar-refractivity contribution in [3.05, 3.63) is 30.0 Å². The molecule has 1 spiro atoms. The molecular formula is C22H28N2O4. The fourth-order valence-corrected chi connectivity index (χ4v) is 5.11. The van der Waals surface area contributed by atoms with E-state index in [1.54, 1.807) is 7.11 Å². The van der Waals surface area contributed by atoms with Crippen LogP contribution in [0.5, 0.6) is 5.75 Å².